The van der Waals surface area contributed by atoms with Crippen molar-refractivity contribution in [1.29, 1.82) is 0 Å². The summed E-state index contributed by atoms with van der Waals surface area (Å²) < 4.78 is 30.4. The van der Waals surface area contributed by atoms with Gasteiger partial charge in [-0.1, -0.05) is 0 Å². The van der Waals surface area contributed by atoms with Gasteiger partial charge in [-0.2, -0.15) is 0 Å². The van der Waals surface area contributed by atoms with Crippen LogP contribution in [0.15, 0.2) is 40.8 Å². The van der Waals surface area contributed by atoms with E-state index in [0.29, 0.717) is 24.6 Å². The first-order chi connectivity index (χ1) is 16.4. The normalized spacial score (nSPS) is 20.9. The molecular weight excluding hydrogens is 469 g/mol. The van der Waals surface area contributed by atoms with Crippen molar-refractivity contribution in [1.82, 2.24) is 4.90 Å². The van der Waals surface area contributed by atoms with Gasteiger partial charge in [0.1, 0.15) is 24.2 Å². The molecule has 2 aliphatic heterocycles. The lowest BCUT2D eigenvalue weighted by Crippen LogP contribution is -2.42. The van der Waals surface area contributed by atoms with Crippen molar-refractivity contribution in [2.45, 2.75) is 18.6 Å². The Bertz CT molecular complexity index is 1120. The number of hydrogen-bond acceptors (Lipinski definition) is 6. The number of benzene rings is 1. The van der Waals surface area contributed by atoms with Crippen LogP contribution >= 0.6 is 11.6 Å². The van der Waals surface area contributed by atoms with E-state index in [9.17, 15) is 18.8 Å². The van der Waals surface area contributed by atoms with Crippen LogP contribution in [0.1, 0.15) is 12.2 Å². The Morgan fingerprint density at radius 3 is 2.79 bits per heavy atom. The largest absolute Gasteiger partial charge is 0.445 e. The minimum atomic E-state index is -0.859. The number of methoxy groups -OCH3 is 1. The van der Waals surface area contributed by atoms with Gasteiger partial charge in [-0.15, -0.1) is 0 Å². The SMILES string of the molecule is CO[C@@H]1C[C@H](C(=O)Nc2ccc(N3CCOCC3=O)cc2F)N(C(=O)/C=C/c2ccc(Cl)o2)C1. The van der Waals surface area contributed by atoms with Gasteiger partial charge in [-0.05, 0) is 48.0 Å². The molecule has 0 unspecified atom stereocenters. The second kappa shape index (κ2) is 10.4. The summed E-state index contributed by atoms with van der Waals surface area (Å²) in [5, 5.41) is 2.74. The highest BCUT2D eigenvalue weighted by Crippen LogP contribution is 2.26. The Labute approximate surface area is 200 Å². The van der Waals surface area contributed by atoms with Crippen molar-refractivity contribution in [3.8, 4) is 0 Å². The third-order valence-electron chi connectivity index (χ3n) is 5.67. The predicted molar refractivity (Wildman–Crippen MR) is 122 cm³/mol. The lowest BCUT2D eigenvalue weighted by Gasteiger charge is -2.27. The van der Waals surface area contributed by atoms with E-state index in [2.05, 4.69) is 5.32 Å². The van der Waals surface area contributed by atoms with Crippen LogP contribution in [0.25, 0.3) is 6.08 Å². The molecule has 180 valence electrons. The molecule has 2 aliphatic rings. The van der Waals surface area contributed by atoms with E-state index in [1.165, 1.54) is 41.2 Å². The zero-order chi connectivity index (χ0) is 24.2. The summed E-state index contributed by atoms with van der Waals surface area (Å²) in [6.07, 6.45) is 2.65. The molecular formula is C23H23ClFN3O6. The number of ether oxygens (including phenoxy) is 2. The zero-order valence-electron chi connectivity index (χ0n) is 18.3. The Hall–Kier alpha value is -3.21. The Morgan fingerprint density at radius 1 is 1.29 bits per heavy atom. The lowest BCUT2D eigenvalue weighted by atomic mass is 10.1. The lowest BCUT2D eigenvalue weighted by molar-refractivity contribution is -0.132. The van der Waals surface area contributed by atoms with Crippen LogP contribution in [0.2, 0.25) is 5.22 Å². The monoisotopic (exact) mass is 491 g/mol. The summed E-state index contributed by atoms with van der Waals surface area (Å²) in [6.45, 7) is 0.823. The van der Waals surface area contributed by atoms with Crippen molar-refractivity contribution < 1.29 is 32.7 Å². The topological polar surface area (TPSA) is 101 Å². The summed E-state index contributed by atoms with van der Waals surface area (Å²) in [6, 6.07) is 6.42. The summed E-state index contributed by atoms with van der Waals surface area (Å²) >= 11 is 5.74. The van der Waals surface area contributed by atoms with E-state index in [-0.39, 0.29) is 42.5 Å². The molecule has 0 aliphatic carbocycles. The predicted octanol–water partition coefficient (Wildman–Crippen LogP) is 2.70. The number of morpholine rings is 1. The molecule has 0 radical (unpaired) electrons. The quantitative estimate of drug-likeness (QED) is 0.623. The number of nitrogens with zero attached hydrogens (tertiary/aromatic N) is 2. The first kappa shape index (κ1) is 23.9. The van der Waals surface area contributed by atoms with E-state index < -0.39 is 23.7 Å². The van der Waals surface area contributed by atoms with Crippen LogP contribution in [0.3, 0.4) is 0 Å². The first-order valence-corrected chi connectivity index (χ1v) is 11.0. The Kier molecular flexibility index (Phi) is 7.30. The highest BCUT2D eigenvalue weighted by Gasteiger charge is 2.39. The van der Waals surface area contributed by atoms with Crippen molar-refractivity contribution in [2.75, 3.05) is 43.6 Å². The van der Waals surface area contributed by atoms with E-state index >= 15 is 0 Å². The van der Waals surface area contributed by atoms with Gasteiger partial charge in [0.25, 0.3) is 5.91 Å². The number of likely N-dealkylation sites (tertiary alicyclic amines) is 1. The molecule has 2 fully saturated rings. The fraction of sp³-hybridized carbons (Fsp3) is 0.348. The van der Waals surface area contributed by atoms with Crippen LogP contribution in [0.4, 0.5) is 15.8 Å². The second-order valence-electron chi connectivity index (χ2n) is 7.83. The smallest absolute Gasteiger partial charge is 0.253 e. The van der Waals surface area contributed by atoms with Gasteiger partial charge in [0.15, 0.2) is 5.22 Å². The number of carbonyl (C=O) groups excluding carboxylic acids is 3. The number of halogens is 2. The Balaban J connectivity index is 1.46. The van der Waals surface area contributed by atoms with Gasteiger partial charge >= 0.3 is 0 Å². The Morgan fingerprint density at radius 2 is 2.12 bits per heavy atom. The molecule has 1 aromatic carbocycles. The summed E-state index contributed by atoms with van der Waals surface area (Å²) in [5.41, 5.74) is 0.326. The van der Waals surface area contributed by atoms with E-state index in [1.807, 2.05) is 0 Å². The number of amides is 3. The highest BCUT2D eigenvalue weighted by molar-refractivity contribution is 6.28. The third kappa shape index (κ3) is 5.30. The van der Waals surface area contributed by atoms with E-state index in [1.54, 1.807) is 18.2 Å². The zero-order valence-corrected chi connectivity index (χ0v) is 19.1. The van der Waals surface area contributed by atoms with Gasteiger partial charge in [0.2, 0.25) is 11.8 Å². The number of anilines is 2. The maximum Gasteiger partial charge on any atom is 0.253 e. The van der Waals surface area contributed by atoms with Crippen LogP contribution < -0.4 is 10.2 Å². The number of carbonyl (C=O) groups is 3. The van der Waals surface area contributed by atoms with Gasteiger partial charge in [0, 0.05) is 38.4 Å². The molecule has 0 spiro atoms. The van der Waals surface area contributed by atoms with Crippen LogP contribution in [0.5, 0.6) is 0 Å². The average Bonchev–Trinajstić information content (AvgIpc) is 3.45. The molecule has 3 amide bonds. The summed E-state index contributed by atoms with van der Waals surface area (Å²) in [4.78, 5) is 40.6. The van der Waals surface area contributed by atoms with Gasteiger partial charge in [-0.25, -0.2) is 4.39 Å². The number of rotatable bonds is 6. The van der Waals surface area contributed by atoms with Crippen molar-refractivity contribution in [3.63, 3.8) is 0 Å². The molecule has 1 aromatic heterocycles. The van der Waals surface area contributed by atoms with Crippen molar-refractivity contribution in [3.05, 3.63) is 53.2 Å². The van der Waals surface area contributed by atoms with E-state index in [4.69, 9.17) is 25.5 Å². The van der Waals surface area contributed by atoms with Gasteiger partial charge in [-0.3, -0.25) is 14.4 Å². The van der Waals surface area contributed by atoms with E-state index in [0.717, 1.165) is 0 Å². The number of furan rings is 1. The molecule has 11 heteroatoms. The number of hydrogen-bond donors (Lipinski definition) is 1. The average molecular weight is 492 g/mol. The maximum absolute atomic E-state index is 14.8. The molecule has 2 atom stereocenters. The highest BCUT2D eigenvalue weighted by atomic mass is 35.5. The molecule has 34 heavy (non-hydrogen) atoms. The molecule has 0 saturated carbocycles. The van der Waals surface area contributed by atoms with Crippen molar-refractivity contribution in [2.24, 2.45) is 0 Å². The molecule has 9 nitrogen and oxygen atoms in total. The molecule has 2 aromatic rings. The first-order valence-electron chi connectivity index (χ1n) is 10.6. The third-order valence-corrected chi connectivity index (χ3v) is 5.88. The van der Waals surface area contributed by atoms with Gasteiger partial charge < -0.3 is 29.0 Å². The standard InChI is InChI=1S/C23H23ClFN3O6/c1-32-16-11-19(28(12-16)21(29)7-4-15-3-6-20(24)34-15)23(31)26-18-5-2-14(10-17(18)25)27-8-9-33-13-22(27)30/h2-7,10,16,19H,8-9,11-13H2,1H3,(H,26,31)/b7-4+/t16-,19-/m1/s1. The molecule has 1 N–H and O–H groups in total. The van der Waals surface area contributed by atoms with Crippen LogP contribution in [-0.4, -0.2) is 68.2 Å². The summed E-state index contributed by atoms with van der Waals surface area (Å²) in [7, 11) is 1.50. The fourth-order valence-corrected chi connectivity index (χ4v) is 4.06. The summed E-state index contributed by atoms with van der Waals surface area (Å²) in [5.74, 6) is -1.54. The number of nitrogens with one attached hydrogen (secondary N) is 1. The molecule has 3 heterocycles. The van der Waals surface area contributed by atoms with Gasteiger partial charge in [0.05, 0.1) is 18.4 Å². The van der Waals surface area contributed by atoms with Crippen LogP contribution in [-0.2, 0) is 23.9 Å². The molecule has 2 saturated heterocycles. The second-order valence-corrected chi connectivity index (χ2v) is 8.20. The van der Waals surface area contributed by atoms with Crippen molar-refractivity contribution >= 4 is 46.8 Å². The minimum Gasteiger partial charge on any atom is -0.445 e. The fourth-order valence-electron chi connectivity index (χ4n) is 3.91. The van der Waals surface area contributed by atoms with Crippen LogP contribution in [0, 0.1) is 5.82 Å². The minimum absolute atomic E-state index is 0.0523. The molecule has 0 bridgehead atoms. The molecule has 4 rings (SSSR count). The maximum atomic E-state index is 14.8.